The van der Waals surface area contributed by atoms with Crippen molar-refractivity contribution in [1.82, 2.24) is 0 Å². The molecule has 0 bridgehead atoms. The van der Waals surface area contributed by atoms with Crippen molar-refractivity contribution in [3.8, 4) is 0 Å². The van der Waals surface area contributed by atoms with Gasteiger partial charge in [0.05, 0.1) is 0 Å². The fraction of sp³-hybridized carbons (Fsp3) is 0.333. The lowest BCUT2D eigenvalue weighted by Crippen LogP contribution is -2.06. The van der Waals surface area contributed by atoms with Gasteiger partial charge in [0.15, 0.2) is 0 Å². The first-order chi connectivity index (χ1) is 5.42. The van der Waals surface area contributed by atoms with E-state index < -0.39 is 0 Å². The van der Waals surface area contributed by atoms with Crippen LogP contribution in [-0.4, -0.2) is 12.6 Å². The van der Waals surface area contributed by atoms with Gasteiger partial charge in [-0.05, 0) is 5.56 Å². The van der Waals surface area contributed by atoms with Gasteiger partial charge in [-0.25, -0.2) is 0 Å². The summed E-state index contributed by atoms with van der Waals surface area (Å²) in [5.74, 6) is 0. The molecule has 0 radical (unpaired) electrons. The zero-order chi connectivity index (χ0) is 7.68. The SMILES string of the molecule is NCC1OC1c1ccccc1. The summed E-state index contributed by atoms with van der Waals surface area (Å²) in [6, 6.07) is 10.2. The summed E-state index contributed by atoms with van der Waals surface area (Å²) in [5.41, 5.74) is 6.68. The van der Waals surface area contributed by atoms with Crippen molar-refractivity contribution < 1.29 is 4.74 Å². The number of hydrogen-bond donors (Lipinski definition) is 1. The van der Waals surface area contributed by atoms with Gasteiger partial charge in [0, 0.05) is 6.54 Å². The van der Waals surface area contributed by atoms with Crippen LogP contribution in [0.15, 0.2) is 30.3 Å². The van der Waals surface area contributed by atoms with Crippen molar-refractivity contribution in [1.29, 1.82) is 0 Å². The standard InChI is InChI=1S/C9H11NO/c10-6-8-9(11-8)7-4-2-1-3-5-7/h1-5,8-9H,6,10H2. The third kappa shape index (κ3) is 1.27. The zero-order valence-corrected chi connectivity index (χ0v) is 6.23. The van der Waals surface area contributed by atoms with E-state index in [9.17, 15) is 0 Å². The van der Waals surface area contributed by atoms with Crippen molar-refractivity contribution in [2.75, 3.05) is 6.54 Å². The molecule has 2 nitrogen and oxygen atoms in total. The van der Waals surface area contributed by atoms with Crippen LogP contribution < -0.4 is 5.73 Å². The van der Waals surface area contributed by atoms with E-state index in [-0.39, 0.29) is 12.2 Å². The van der Waals surface area contributed by atoms with E-state index in [0.717, 1.165) is 0 Å². The molecule has 0 aromatic heterocycles. The quantitative estimate of drug-likeness (QED) is 0.639. The van der Waals surface area contributed by atoms with Crippen LogP contribution in [0, 0.1) is 0 Å². The average Bonchev–Trinajstić information content (AvgIpc) is 2.85. The summed E-state index contributed by atoms with van der Waals surface area (Å²) in [7, 11) is 0. The second-order valence-corrected chi connectivity index (χ2v) is 2.74. The van der Waals surface area contributed by atoms with E-state index in [1.54, 1.807) is 0 Å². The first-order valence-electron chi connectivity index (χ1n) is 3.82. The fourth-order valence-electron chi connectivity index (χ4n) is 1.26. The minimum Gasteiger partial charge on any atom is -0.363 e. The molecular weight excluding hydrogens is 138 g/mol. The maximum absolute atomic E-state index is 5.44. The maximum Gasteiger partial charge on any atom is 0.110 e. The molecule has 0 amide bonds. The summed E-state index contributed by atoms with van der Waals surface area (Å²) in [5, 5.41) is 0. The van der Waals surface area contributed by atoms with Gasteiger partial charge in [0.2, 0.25) is 0 Å². The molecule has 2 heteroatoms. The van der Waals surface area contributed by atoms with Gasteiger partial charge in [0.1, 0.15) is 12.2 Å². The van der Waals surface area contributed by atoms with Crippen LogP contribution in [0.4, 0.5) is 0 Å². The summed E-state index contributed by atoms with van der Waals surface area (Å²) >= 11 is 0. The van der Waals surface area contributed by atoms with Crippen LogP contribution in [0.25, 0.3) is 0 Å². The van der Waals surface area contributed by atoms with Crippen LogP contribution in [0.3, 0.4) is 0 Å². The Morgan fingerprint density at radius 3 is 2.55 bits per heavy atom. The Labute approximate surface area is 66.0 Å². The van der Waals surface area contributed by atoms with Crippen molar-refractivity contribution in [2.24, 2.45) is 5.73 Å². The molecule has 2 rings (SSSR count). The van der Waals surface area contributed by atoms with Crippen molar-refractivity contribution in [3.05, 3.63) is 35.9 Å². The first kappa shape index (κ1) is 6.83. The van der Waals surface area contributed by atoms with Crippen molar-refractivity contribution >= 4 is 0 Å². The first-order valence-corrected chi connectivity index (χ1v) is 3.82. The van der Waals surface area contributed by atoms with E-state index in [1.165, 1.54) is 5.56 Å². The Balaban J connectivity index is 2.09. The van der Waals surface area contributed by atoms with Gasteiger partial charge in [-0.15, -0.1) is 0 Å². The monoisotopic (exact) mass is 149 g/mol. The molecule has 0 aliphatic carbocycles. The topological polar surface area (TPSA) is 38.5 Å². The van der Waals surface area contributed by atoms with Crippen LogP contribution in [0.1, 0.15) is 11.7 Å². The minimum absolute atomic E-state index is 0.261. The maximum atomic E-state index is 5.44. The molecule has 1 aliphatic heterocycles. The molecular formula is C9H11NO. The Morgan fingerprint density at radius 1 is 1.27 bits per heavy atom. The molecule has 1 saturated heterocycles. The number of benzene rings is 1. The number of hydrogen-bond acceptors (Lipinski definition) is 2. The highest BCUT2D eigenvalue weighted by molar-refractivity contribution is 5.22. The van der Waals surface area contributed by atoms with Gasteiger partial charge in [-0.3, -0.25) is 0 Å². The van der Waals surface area contributed by atoms with Gasteiger partial charge in [-0.2, -0.15) is 0 Å². The molecule has 58 valence electrons. The predicted molar refractivity (Wildman–Crippen MR) is 43.1 cm³/mol. The molecule has 1 fully saturated rings. The third-order valence-electron chi connectivity index (χ3n) is 1.94. The van der Waals surface area contributed by atoms with Crippen LogP contribution in [-0.2, 0) is 4.74 Å². The number of ether oxygens (including phenoxy) is 1. The van der Waals surface area contributed by atoms with E-state index in [0.29, 0.717) is 6.54 Å². The summed E-state index contributed by atoms with van der Waals surface area (Å²) < 4.78 is 5.33. The second-order valence-electron chi connectivity index (χ2n) is 2.74. The minimum atomic E-state index is 0.261. The highest BCUT2D eigenvalue weighted by Crippen LogP contribution is 2.37. The molecule has 0 saturated carbocycles. The molecule has 11 heavy (non-hydrogen) atoms. The van der Waals surface area contributed by atoms with E-state index in [4.69, 9.17) is 10.5 Å². The van der Waals surface area contributed by atoms with Gasteiger partial charge >= 0.3 is 0 Å². The van der Waals surface area contributed by atoms with Gasteiger partial charge in [-0.1, -0.05) is 30.3 Å². The summed E-state index contributed by atoms with van der Waals surface area (Å²) in [6.45, 7) is 0.625. The zero-order valence-electron chi connectivity index (χ0n) is 6.23. The third-order valence-corrected chi connectivity index (χ3v) is 1.94. The summed E-state index contributed by atoms with van der Waals surface area (Å²) in [6.07, 6.45) is 0.526. The number of nitrogens with two attached hydrogens (primary N) is 1. The molecule has 2 atom stereocenters. The van der Waals surface area contributed by atoms with E-state index in [2.05, 4.69) is 12.1 Å². The normalized spacial score (nSPS) is 28.5. The molecule has 1 aromatic carbocycles. The Kier molecular flexibility index (Phi) is 1.64. The molecule has 1 aliphatic rings. The molecule has 2 N–H and O–H groups in total. The van der Waals surface area contributed by atoms with Crippen LogP contribution in [0.5, 0.6) is 0 Å². The van der Waals surface area contributed by atoms with Crippen LogP contribution in [0.2, 0.25) is 0 Å². The average molecular weight is 149 g/mol. The van der Waals surface area contributed by atoms with Gasteiger partial charge < -0.3 is 10.5 Å². The number of epoxide rings is 1. The number of rotatable bonds is 2. The van der Waals surface area contributed by atoms with Crippen molar-refractivity contribution in [2.45, 2.75) is 12.2 Å². The highest BCUT2D eigenvalue weighted by Gasteiger charge is 2.38. The second kappa shape index (κ2) is 2.64. The highest BCUT2D eigenvalue weighted by atomic mass is 16.6. The lowest BCUT2D eigenvalue weighted by atomic mass is 10.1. The van der Waals surface area contributed by atoms with Crippen LogP contribution >= 0.6 is 0 Å². The lowest BCUT2D eigenvalue weighted by molar-refractivity contribution is 0.376. The largest absolute Gasteiger partial charge is 0.363 e. The predicted octanol–water partition coefficient (Wildman–Crippen LogP) is 1.09. The Bertz CT molecular complexity index is 235. The molecule has 2 unspecified atom stereocenters. The fourth-order valence-corrected chi connectivity index (χ4v) is 1.26. The van der Waals surface area contributed by atoms with Crippen molar-refractivity contribution in [3.63, 3.8) is 0 Å². The smallest absolute Gasteiger partial charge is 0.110 e. The Morgan fingerprint density at radius 2 is 2.00 bits per heavy atom. The lowest BCUT2D eigenvalue weighted by Gasteiger charge is -1.91. The molecule has 1 aromatic rings. The summed E-state index contributed by atoms with van der Waals surface area (Å²) in [4.78, 5) is 0. The van der Waals surface area contributed by atoms with E-state index in [1.807, 2.05) is 18.2 Å². The Hall–Kier alpha value is -0.860. The molecule has 0 spiro atoms. The van der Waals surface area contributed by atoms with Gasteiger partial charge in [0.25, 0.3) is 0 Å². The molecule has 1 heterocycles. The van der Waals surface area contributed by atoms with E-state index >= 15 is 0 Å².